The van der Waals surface area contributed by atoms with E-state index in [1.807, 2.05) is 13.8 Å². The lowest BCUT2D eigenvalue weighted by molar-refractivity contribution is -0.122. The number of carbonyl (C=O) groups excluding carboxylic acids is 1. The van der Waals surface area contributed by atoms with Gasteiger partial charge in [-0.25, -0.2) is 0 Å². The quantitative estimate of drug-likeness (QED) is 0.712. The van der Waals surface area contributed by atoms with E-state index in [9.17, 15) is 4.79 Å². The number of nitrogens with one attached hydrogen (secondary N) is 2. The molecule has 1 atom stereocenters. The van der Waals surface area contributed by atoms with Crippen molar-refractivity contribution in [2.75, 3.05) is 39.4 Å². The molecule has 5 nitrogen and oxygen atoms in total. The molecule has 0 aromatic rings. The second-order valence-electron chi connectivity index (χ2n) is 5.98. The summed E-state index contributed by atoms with van der Waals surface area (Å²) in [7, 11) is 0. The number of carbonyl (C=O) groups is 1. The molecule has 0 aliphatic carbocycles. The van der Waals surface area contributed by atoms with Gasteiger partial charge in [-0.05, 0) is 27.2 Å². The van der Waals surface area contributed by atoms with E-state index in [-0.39, 0.29) is 11.4 Å². The summed E-state index contributed by atoms with van der Waals surface area (Å²) in [6.07, 6.45) is 0.933. The summed E-state index contributed by atoms with van der Waals surface area (Å²) < 4.78 is 5.32. The van der Waals surface area contributed by atoms with Crippen molar-refractivity contribution in [2.24, 2.45) is 0 Å². The van der Waals surface area contributed by atoms with Gasteiger partial charge in [0.25, 0.3) is 0 Å². The van der Waals surface area contributed by atoms with Crippen LogP contribution in [0.3, 0.4) is 0 Å². The monoisotopic (exact) mass is 271 g/mol. The largest absolute Gasteiger partial charge is 0.379 e. The van der Waals surface area contributed by atoms with Crippen LogP contribution in [0.15, 0.2) is 0 Å². The predicted molar refractivity (Wildman–Crippen MR) is 77.2 cm³/mol. The van der Waals surface area contributed by atoms with Gasteiger partial charge in [0.1, 0.15) is 0 Å². The summed E-state index contributed by atoms with van der Waals surface area (Å²) in [5.74, 6) is 0.0701. The Morgan fingerprint density at radius 3 is 2.58 bits per heavy atom. The topological polar surface area (TPSA) is 53.6 Å². The van der Waals surface area contributed by atoms with Crippen LogP contribution in [0.25, 0.3) is 0 Å². The van der Waals surface area contributed by atoms with Crippen LogP contribution in [0.2, 0.25) is 0 Å². The minimum absolute atomic E-state index is 0.0701. The van der Waals surface area contributed by atoms with Crippen LogP contribution in [0.1, 0.15) is 34.1 Å². The highest BCUT2D eigenvalue weighted by molar-refractivity contribution is 5.78. The molecule has 19 heavy (non-hydrogen) atoms. The minimum atomic E-state index is -0.119. The molecule has 0 saturated carbocycles. The first-order chi connectivity index (χ1) is 8.93. The molecule has 0 spiro atoms. The maximum atomic E-state index is 11.8. The van der Waals surface area contributed by atoms with E-state index in [2.05, 4.69) is 29.4 Å². The van der Waals surface area contributed by atoms with Crippen LogP contribution in [-0.4, -0.2) is 61.8 Å². The van der Waals surface area contributed by atoms with Crippen LogP contribution in [0.5, 0.6) is 0 Å². The molecule has 1 aliphatic heterocycles. The summed E-state index contributed by atoms with van der Waals surface area (Å²) in [5, 5.41) is 6.31. The zero-order chi connectivity index (χ0) is 14.3. The Labute approximate surface area is 117 Å². The van der Waals surface area contributed by atoms with Gasteiger partial charge >= 0.3 is 0 Å². The van der Waals surface area contributed by atoms with E-state index in [0.29, 0.717) is 12.6 Å². The van der Waals surface area contributed by atoms with Crippen LogP contribution in [0.4, 0.5) is 0 Å². The summed E-state index contributed by atoms with van der Waals surface area (Å²) in [6.45, 7) is 13.2. The highest BCUT2D eigenvalue weighted by Gasteiger charge is 2.18. The molecular weight excluding hydrogens is 242 g/mol. The summed E-state index contributed by atoms with van der Waals surface area (Å²) in [4.78, 5) is 14.2. The highest BCUT2D eigenvalue weighted by Crippen LogP contribution is 2.06. The molecule has 5 heteroatoms. The van der Waals surface area contributed by atoms with Crippen LogP contribution >= 0.6 is 0 Å². The molecule has 2 N–H and O–H groups in total. The molecule has 1 rings (SSSR count). The predicted octanol–water partition coefficient (Wildman–Crippen LogP) is 0.602. The number of ether oxygens (including phenoxy) is 1. The van der Waals surface area contributed by atoms with Gasteiger partial charge in [0.15, 0.2) is 0 Å². The van der Waals surface area contributed by atoms with Gasteiger partial charge < -0.3 is 15.4 Å². The Morgan fingerprint density at radius 2 is 2.00 bits per heavy atom. The molecule has 1 fully saturated rings. The van der Waals surface area contributed by atoms with Gasteiger partial charge in [-0.15, -0.1) is 0 Å². The lowest BCUT2D eigenvalue weighted by Gasteiger charge is -2.30. The molecule has 1 saturated heterocycles. The molecule has 112 valence electrons. The molecule has 1 amide bonds. The SMILES string of the molecule is CCC(C)(C)NC(=O)CNC(C)CN1CCOCC1. The van der Waals surface area contributed by atoms with E-state index in [1.165, 1.54) is 0 Å². The fourth-order valence-corrected chi connectivity index (χ4v) is 2.01. The standard InChI is InChI=1S/C14H29N3O2/c1-5-14(3,4)16-13(18)10-15-12(2)11-17-6-8-19-9-7-17/h12,15H,5-11H2,1-4H3,(H,16,18). The Balaban J connectivity index is 2.18. The Bertz CT molecular complexity index is 276. The maximum absolute atomic E-state index is 11.8. The molecule has 0 radical (unpaired) electrons. The first kappa shape index (κ1) is 16.4. The van der Waals surface area contributed by atoms with Gasteiger partial charge in [0, 0.05) is 31.2 Å². The van der Waals surface area contributed by atoms with Gasteiger partial charge in [-0.1, -0.05) is 6.92 Å². The summed E-state index contributed by atoms with van der Waals surface area (Å²) in [5.41, 5.74) is -0.119. The van der Waals surface area contributed by atoms with Crippen molar-refractivity contribution in [3.63, 3.8) is 0 Å². The molecule has 0 aromatic heterocycles. The Hall–Kier alpha value is -0.650. The average molecular weight is 271 g/mol. The fourth-order valence-electron chi connectivity index (χ4n) is 2.01. The fraction of sp³-hybridized carbons (Fsp3) is 0.929. The van der Waals surface area contributed by atoms with E-state index in [4.69, 9.17) is 4.74 Å². The average Bonchev–Trinajstić information content (AvgIpc) is 2.37. The van der Waals surface area contributed by atoms with Crippen molar-refractivity contribution in [2.45, 2.75) is 45.7 Å². The second-order valence-corrected chi connectivity index (χ2v) is 5.98. The van der Waals surface area contributed by atoms with Crippen LogP contribution in [-0.2, 0) is 9.53 Å². The maximum Gasteiger partial charge on any atom is 0.234 e. The molecule has 1 aliphatic rings. The Morgan fingerprint density at radius 1 is 1.37 bits per heavy atom. The Kier molecular flexibility index (Phi) is 6.75. The number of rotatable bonds is 7. The smallest absolute Gasteiger partial charge is 0.234 e. The third kappa shape index (κ3) is 6.89. The van der Waals surface area contributed by atoms with E-state index < -0.39 is 0 Å². The lowest BCUT2D eigenvalue weighted by atomic mass is 10.0. The number of nitrogens with zero attached hydrogens (tertiary/aromatic N) is 1. The van der Waals surface area contributed by atoms with Crippen LogP contribution in [0, 0.1) is 0 Å². The highest BCUT2D eigenvalue weighted by atomic mass is 16.5. The van der Waals surface area contributed by atoms with Gasteiger partial charge in [-0.3, -0.25) is 9.69 Å². The third-order valence-electron chi connectivity index (χ3n) is 3.61. The molecule has 0 bridgehead atoms. The number of amides is 1. The van der Waals surface area contributed by atoms with Gasteiger partial charge in [0.2, 0.25) is 5.91 Å². The normalized spacial score (nSPS) is 19.2. The van der Waals surface area contributed by atoms with Crippen LogP contribution < -0.4 is 10.6 Å². The number of morpholine rings is 1. The number of hydrogen-bond acceptors (Lipinski definition) is 4. The van der Waals surface area contributed by atoms with Gasteiger partial charge in [0.05, 0.1) is 19.8 Å². The van der Waals surface area contributed by atoms with Crippen molar-refractivity contribution in [3.8, 4) is 0 Å². The van der Waals surface area contributed by atoms with E-state index in [0.717, 1.165) is 39.3 Å². The second kappa shape index (κ2) is 7.82. The molecular formula is C14H29N3O2. The van der Waals surface area contributed by atoms with Crippen molar-refractivity contribution < 1.29 is 9.53 Å². The lowest BCUT2D eigenvalue weighted by Crippen LogP contribution is -2.50. The number of hydrogen-bond donors (Lipinski definition) is 2. The molecule has 1 heterocycles. The van der Waals surface area contributed by atoms with E-state index >= 15 is 0 Å². The summed E-state index contributed by atoms with van der Waals surface area (Å²) >= 11 is 0. The summed E-state index contributed by atoms with van der Waals surface area (Å²) in [6, 6.07) is 0.314. The minimum Gasteiger partial charge on any atom is -0.379 e. The first-order valence-electron chi connectivity index (χ1n) is 7.27. The van der Waals surface area contributed by atoms with Crippen molar-refractivity contribution in [1.29, 1.82) is 0 Å². The van der Waals surface area contributed by atoms with Crippen molar-refractivity contribution in [3.05, 3.63) is 0 Å². The molecule has 1 unspecified atom stereocenters. The molecule has 0 aromatic carbocycles. The zero-order valence-corrected chi connectivity index (χ0v) is 12.8. The van der Waals surface area contributed by atoms with Crippen molar-refractivity contribution >= 4 is 5.91 Å². The van der Waals surface area contributed by atoms with Gasteiger partial charge in [-0.2, -0.15) is 0 Å². The third-order valence-corrected chi connectivity index (χ3v) is 3.61. The van der Waals surface area contributed by atoms with E-state index in [1.54, 1.807) is 0 Å². The zero-order valence-electron chi connectivity index (χ0n) is 12.8. The van der Waals surface area contributed by atoms with Crippen molar-refractivity contribution in [1.82, 2.24) is 15.5 Å². The first-order valence-corrected chi connectivity index (χ1v) is 7.27.